The van der Waals surface area contributed by atoms with Gasteiger partial charge in [0, 0.05) is 48.2 Å². The Hall–Kier alpha value is -1.43. The fraction of sp³-hybridized carbons (Fsp3) is 0.562. The van der Waals surface area contributed by atoms with Gasteiger partial charge < -0.3 is 9.64 Å². The second kappa shape index (κ2) is 6.77. The van der Waals surface area contributed by atoms with Crippen molar-refractivity contribution in [3.8, 4) is 0 Å². The zero-order chi connectivity index (χ0) is 16.3. The molecule has 1 aliphatic heterocycles. The fourth-order valence-electron chi connectivity index (χ4n) is 2.36. The molecule has 1 aromatic rings. The zero-order valence-corrected chi connectivity index (χ0v) is 14.7. The molecule has 0 spiro atoms. The minimum absolute atomic E-state index is 0.185. The number of carbonyl (C=O) groups is 2. The highest BCUT2D eigenvalue weighted by atomic mass is 79.9. The summed E-state index contributed by atoms with van der Waals surface area (Å²) in [5.41, 5.74) is 0.328. The lowest BCUT2D eigenvalue weighted by molar-refractivity contribution is -0.125. The molecular formula is C16H21BrN2O3. The van der Waals surface area contributed by atoms with E-state index in [2.05, 4.69) is 20.9 Å². The molecule has 1 unspecified atom stereocenters. The molecule has 120 valence electrons. The molecule has 22 heavy (non-hydrogen) atoms. The van der Waals surface area contributed by atoms with Crippen molar-refractivity contribution in [3.05, 3.63) is 28.5 Å². The molecule has 1 atom stereocenters. The van der Waals surface area contributed by atoms with Crippen LogP contribution in [-0.4, -0.2) is 40.5 Å². The highest BCUT2D eigenvalue weighted by Crippen LogP contribution is 2.20. The molecule has 2 heterocycles. The van der Waals surface area contributed by atoms with Crippen LogP contribution < -0.4 is 0 Å². The summed E-state index contributed by atoms with van der Waals surface area (Å²) in [4.78, 5) is 30.2. The molecule has 6 heteroatoms. The number of amides is 1. The highest BCUT2D eigenvalue weighted by molar-refractivity contribution is 9.10. The average Bonchev–Trinajstić information content (AvgIpc) is 2.41. The Labute approximate surface area is 139 Å². The van der Waals surface area contributed by atoms with E-state index in [4.69, 9.17) is 4.74 Å². The largest absolute Gasteiger partial charge is 0.444 e. The standard InChI is InChI=1S/C16H21BrN2O3/c1-16(2,3)22-15(21)19-7-6-14(20)11(10-19)8-13-5-4-12(17)9-18-13/h4-5,9,11H,6-8,10H2,1-3H3. The highest BCUT2D eigenvalue weighted by Gasteiger charge is 2.32. The third-order valence-corrected chi connectivity index (χ3v) is 3.89. The van der Waals surface area contributed by atoms with E-state index >= 15 is 0 Å². The van der Waals surface area contributed by atoms with Crippen molar-refractivity contribution in [1.82, 2.24) is 9.88 Å². The summed E-state index contributed by atoms with van der Waals surface area (Å²) in [6.07, 6.45) is 2.29. The van der Waals surface area contributed by atoms with Gasteiger partial charge in [0.15, 0.2) is 0 Å². The van der Waals surface area contributed by atoms with Gasteiger partial charge in [-0.3, -0.25) is 9.78 Å². The molecule has 1 aromatic heterocycles. The summed E-state index contributed by atoms with van der Waals surface area (Å²) in [5, 5.41) is 0. The number of piperidine rings is 1. The van der Waals surface area contributed by atoms with Crippen molar-refractivity contribution in [2.45, 2.75) is 39.2 Å². The zero-order valence-electron chi connectivity index (χ0n) is 13.1. The number of Topliss-reactive ketones (excluding diaryl/α,β-unsaturated/α-hetero) is 1. The Morgan fingerprint density at radius 3 is 2.77 bits per heavy atom. The summed E-state index contributed by atoms with van der Waals surface area (Å²) >= 11 is 3.34. The first-order valence-corrected chi connectivity index (χ1v) is 8.15. The van der Waals surface area contributed by atoms with Gasteiger partial charge >= 0.3 is 6.09 Å². The van der Waals surface area contributed by atoms with E-state index in [0.717, 1.165) is 10.2 Å². The number of ketones is 1. The van der Waals surface area contributed by atoms with E-state index in [1.54, 1.807) is 11.1 Å². The van der Waals surface area contributed by atoms with Crippen LogP contribution in [0, 0.1) is 5.92 Å². The predicted molar refractivity (Wildman–Crippen MR) is 86.6 cm³/mol. The summed E-state index contributed by atoms with van der Waals surface area (Å²) in [6.45, 7) is 6.33. The second-order valence-electron chi connectivity index (χ2n) is 6.51. The quantitative estimate of drug-likeness (QED) is 0.803. The third kappa shape index (κ3) is 4.80. The van der Waals surface area contributed by atoms with Crippen molar-refractivity contribution < 1.29 is 14.3 Å². The molecule has 1 amide bonds. The monoisotopic (exact) mass is 368 g/mol. The summed E-state index contributed by atoms with van der Waals surface area (Å²) in [6, 6.07) is 3.80. The molecule has 0 saturated carbocycles. The predicted octanol–water partition coefficient (Wildman–Crippen LogP) is 3.21. The van der Waals surface area contributed by atoms with E-state index in [0.29, 0.717) is 25.9 Å². The van der Waals surface area contributed by atoms with Crippen molar-refractivity contribution in [1.29, 1.82) is 0 Å². The van der Waals surface area contributed by atoms with Crippen LogP contribution in [0.5, 0.6) is 0 Å². The van der Waals surface area contributed by atoms with E-state index in [-0.39, 0.29) is 17.8 Å². The lowest BCUT2D eigenvalue weighted by atomic mass is 9.92. The summed E-state index contributed by atoms with van der Waals surface area (Å²) < 4.78 is 6.28. The molecule has 2 rings (SSSR count). The normalized spacial score (nSPS) is 19.2. The van der Waals surface area contributed by atoms with Crippen LogP contribution in [-0.2, 0) is 16.0 Å². The van der Waals surface area contributed by atoms with Crippen LogP contribution in [0.3, 0.4) is 0 Å². The SMILES string of the molecule is CC(C)(C)OC(=O)N1CCC(=O)C(Cc2ccc(Br)cn2)C1. The maximum absolute atomic E-state index is 12.1. The molecule has 1 fully saturated rings. The van der Waals surface area contributed by atoms with Gasteiger partial charge in [0.2, 0.25) is 0 Å². The van der Waals surface area contributed by atoms with Gasteiger partial charge in [-0.2, -0.15) is 0 Å². The number of ether oxygens (including phenoxy) is 1. The van der Waals surface area contributed by atoms with Crippen molar-refractivity contribution in [2.75, 3.05) is 13.1 Å². The molecular weight excluding hydrogens is 348 g/mol. The van der Waals surface area contributed by atoms with Crippen LogP contribution in [0.15, 0.2) is 22.8 Å². The maximum Gasteiger partial charge on any atom is 0.410 e. The smallest absolute Gasteiger partial charge is 0.410 e. The number of aromatic nitrogens is 1. The number of rotatable bonds is 2. The minimum atomic E-state index is -0.526. The van der Waals surface area contributed by atoms with Crippen LogP contribution in [0.25, 0.3) is 0 Å². The number of carbonyl (C=O) groups excluding carboxylic acids is 2. The van der Waals surface area contributed by atoms with E-state index in [1.807, 2.05) is 32.9 Å². The molecule has 1 saturated heterocycles. The van der Waals surface area contributed by atoms with Gasteiger partial charge in [0.05, 0.1) is 0 Å². The van der Waals surface area contributed by atoms with Crippen LogP contribution in [0.2, 0.25) is 0 Å². The van der Waals surface area contributed by atoms with Gasteiger partial charge in [-0.25, -0.2) is 4.79 Å². The number of halogens is 1. The number of hydrogen-bond donors (Lipinski definition) is 0. The first-order chi connectivity index (χ1) is 10.2. The third-order valence-electron chi connectivity index (χ3n) is 3.42. The number of likely N-dealkylation sites (tertiary alicyclic amines) is 1. The van der Waals surface area contributed by atoms with Crippen LogP contribution in [0.1, 0.15) is 32.9 Å². The van der Waals surface area contributed by atoms with E-state index in [1.165, 1.54) is 0 Å². The van der Waals surface area contributed by atoms with Gasteiger partial charge in [-0.15, -0.1) is 0 Å². The van der Waals surface area contributed by atoms with Crippen molar-refractivity contribution >= 4 is 27.8 Å². The Bertz CT molecular complexity index is 552. The number of hydrogen-bond acceptors (Lipinski definition) is 4. The molecule has 1 aliphatic rings. The molecule has 0 aromatic carbocycles. The van der Waals surface area contributed by atoms with Crippen molar-refractivity contribution in [2.24, 2.45) is 5.92 Å². The topological polar surface area (TPSA) is 59.5 Å². The summed E-state index contributed by atoms with van der Waals surface area (Å²) in [5.74, 6) is -0.0283. The Morgan fingerprint density at radius 1 is 1.45 bits per heavy atom. The lowest BCUT2D eigenvalue weighted by Crippen LogP contribution is -2.46. The van der Waals surface area contributed by atoms with Crippen LogP contribution in [0.4, 0.5) is 4.79 Å². The fourth-order valence-corrected chi connectivity index (χ4v) is 2.59. The first-order valence-electron chi connectivity index (χ1n) is 7.35. The van der Waals surface area contributed by atoms with Gasteiger partial charge in [-0.05, 0) is 48.8 Å². The number of nitrogens with zero attached hydrogens (tertiary/aromatic N) is 2. The van der Waals surface area contributed by atoms with E-state index < -0.39 is 5.60 Å². The maximum atomic E-state index is 12.1. The van der Waals surface area contributed by atoms with Gasteiger partial charge in [0.1, 0.15) is 11.4 Å². The van der Waals surface area contributed by atoms with Crippen LogP contribution >= 0.6 is 15.9 Å². The van der Waals surface area contributed by atoms with E-state index in [9.17, 15) is 9.59 Å². The Morgan fingerprint density at radius 2 is 2.18 bits per heavy atom. The Kier molecular flexibility index (Phi) is 5.21. The summed E-state index contributed by atoms with van der Waals surface area (Å²) in [7, 11) is 0. The molecule has 0 aliphatic carbocycles. The number of pyridine rings is 1. The van der Waals surface area contributed by atoms with Gasteiger partial charge in [0.25, 0.3) is 0 Å². The lowest BCUT2D eigenvalue weighted by Gasteiger charge is -2.33. The first kappa shape index (κ1) is 16.9. The second-order valence-corrected chi connectivity index (χ2v) is 7.43. The Balaban J connectivity index is 2.00. The minimum Gasteiger partial charge on any atom is -0.444 e. The average molecular weight is 369 g/mol. The van der Waals surface area contributed by atoms with Gasteiger partial charge in [-0.1, -0.05) is 0 Å². The molecule has 5 nitrogen and oxygen atoms in total. The molecule has 0 radical (unpaired) electrons. The van der Waals surface area contributed by atoms with Crippen molar-refractivity contribution in [3.63, 3.8) is 0 Å². The molecule has 0 bridgehead atoms. The molecule has 0 N–H and O–H groups in total.